The highest BCUT2D eigenvalue weighted by molar-refractivity contribution is 4.45. The van der Waals surface area contributed by atoms with Gasteiger partial charge in [0.15, 0.2) is 0 Å². The van der Waals surface area contributed by atoms with Crippen LogP contribution >= 0.6 is 0 Å². The van der Waals surface area contributed by atoms with E-state index in [2.05, 4.69) is 13.8 Å². The van der Waals surface area contributed by atoms with Gasteiger partial charge in [-0.2, -0.15) is 0 Å². The van der Waals surface area contributed by atoms with Crippen LogP contribution < -0.4 is 0 Å². The van der Waals surface area contributed by atoms with Crippen molar-refractivity contribution in [3.8, 4) is 0 Å². The van der Waals surface area contributed by atoms with Crippen LogP contribution in [0.2, 0.25) is 0 Å². The molecule has 0 saturated heterocycles. The van der Waals surface area contributed by atoms with Crippen LogP contribution in [0.5, 0.6) is 0 Å². The number of rotatable bonds is 6. The molecule has 0 bridgehead atoms. The highest BCUT2D eigenvalue weighted by atomic mass is 16.5. The summed E-state index contributed by atoms with van der Waals surface area (Å²) >= 11 is 0. The van der Waals surface area contributed by atoms with Gasteiger partial charge in [-0.05, 0) is 5.92 Å². The standard InChI is InChI=1S/C8H18O2.4CH4/c1-4-8(2)7-10-6-5-9-3;;;;/h8H,4-7H2,1-3H3;4*1H4. The van der Waals surface area contributed by atoms with Gasteiger partial charge >= 0.3 is 0 Å². The van der Waals surface area contributed by atoms with Crippen molar-refractivity contribution in [2.45, 2.75) is 50.0 Å². The Labute approximate surface area is 93.0 Å². The van der Waals surface area contributed by atoms with Crippen molar-refractivity contribution in [2.75, 3.05) is 26.9 Å². The molecule has 0 spiro atoms. The van der Waals surface area contributed by atoms with Crippen LogP contribution in [0.4, 0.5) is 0 Å². The number of hydrogen-bond donors (Lipinski definition) is 0. The molecule has 0 radical (unpaired) electrons. The second-order valence-corrected chi connectivity index (χ2v) is 2.58. The first-order chi connectivity index (χ1) is 4.81. The first-order valence-corrected chi connectivity index (χ1v) is 3.88. The third-order valence-electron chi connectivity index (χ3n) is 1.53. The molecular weight excluding hydrogens is 176 g/mol. The molecule has 1 atom stereocenters. The van der Waals surface area contributed by atoms with E-state index in [4.69, 9.17) is 9.47 Å². The molecule has 0 fully saturated rings. The highest BCUT2D eigenvalue weighted by Crippen LogP contribution is 1.99. The van der Waals surface area contributed by atoms with Crippen molar-refractivity contribution in [1.29, 1.82) is 0 Å². The van der Waals surface area contributed by atoms with Crippen LogP contribution in [-0.4, -0.2) is 26.9 Å². The second-order valence-electron chi connectivity index (χ2n) is 2.58. The molecule has 0 aliphatic carbocycles. The Kier molecular flexibility index (Phi) is 48.1. The predicted molar refractivity (Wildman–Crippen MR) is 69.1 cm³/mol. The third-order valence-corrected chi connectivity index (χ3v) is 1.53. The molecule has 0 aromatic heterocycles. The van der Waals surface area contributed by atoms with Gasteiger partial charge in [-0.1, -0.05) is 50.0 Å². The van der Waals surface area contributed by atoms with Gasteiger partial charge in [0.2, 0.25) is 0 Å². The van der Waals surface area contributed by atoms with Crippen molar-refractivity contribution in [2.24, 2.45) is 5.92 Å². The average molecular weight is 210 g/mol. The van der Waals surface area contributed by atoms with Crippen LogP contribution in [0, 0.1) is 5.92 Å². The first-order valence-electron chi connectivity index (χ1n) is 3.88. The fourth-order valence-corrected chi connectivity index (χ4v) is 0.545. The van der Waals surface area contributed by atoms with Gasteiger partial charge in [0.05, 0.1) is 13.2 Å². The lowest BCUT2D eigenvalue weighted by Gasteiger charge is -2.08. The zero-order chi connectivity index (χ0) is 7.82. The van der Waals surface area contributed by atoms with E-state index in [0.717, 1.165) is 13.2 Å². The van der Waals surface area contributed by atoms with E-state index >= 15 is 0 Å². The molecule has 0 amide bonds. The van der Waals surface area contributed by atoms with E-state index < -0.39 is 0 Å². The maximum absolute atomic E-state index is 5.30. The maximum atomic E-state index is 5.30. The lowest BCUT2D eigenvalue weighted by Crippen LogP contribution is -2.08. The average Bonchev–Trinajstić information content (AvgIpc) is 1.98. The zero-order valence-corrected chi connectivity index (χ0v) is 7.22. The Bertz CT molecular complexity index is 65.3. The minimum Gasteiger partial charge on any atom is -0.382 e. The summed E-state index contributed by atoms with van der Waals surface area (Å²) in [5.41, 5.74) is 0. The molecule has 0 aliphatic heterocycles. The van der Waals surface area contributed by atoms with Gasteiger partial charge in [-0.3, -0.25) is 0 Å². The molecule has 2 heteroatoms. The van der Waals surface area contributed by atoms with Crippen LogP contribution in [0.1, 0.15) is 50.0 Å². The predicted octanol–water partition coefficient (Wildman–Crippen LogP) is 4.24. The SMILES string of the molecule is C.C.C.C.CCC(C)COCCOC. The highest BCUT2D eigenvalue weighted by Gasteiger charge is 1.96. The topological polar surface area (TPSA) is 18.5 Å². The number of hydrogen-bond acceptors (Lipinski definition) is 2. The van der Waals surface area contributed by atoms with Gasteiger partial charge < -0.3 is 9.47 Å². The van der Waals surface area contributed by atoms with Crippen molar-refractivity contribution in [3.63, 3.8) is 0 Å². The molecule has 94 valence electrons. The molecule has 0 aliphatic rings. The summed E-state index contributed by atoms with van der Waals surface area (Å²) < 4.78 is 10.1. The second kappa shape index (κ2) is 23.1. The van der Waals surface area contributed by atoms with Crippen molar-refractivity contribution in [1.82, 2.24) is 0 Å². The van der Waals surface area contributed by atoms with E-state index in [0.29, 0.717) is 12.5 Å². The lowest BCUT2D eigenvalue weighted by atomic mass is 10.1. The summed E-state index contributed by atoms with van der Waals surface area (Å²) in [6, 6.07) is 0. The van der Waals surface area contributed by atoms with Gasteiger partial charge in [-0.25, -0.2) is 0 Å². The summed E-state index contributed by atoms with van der Waals surface area (Å²) in [5.74, 6) is 0.678. The minimum absolute atomic E-state index is 0. The van der Waals surface area contributed by atoms with Crippen LogP contribution in [0.3, 0.4) is 0 Å². The molecule has 0 heterocycles. The van der Waals surface area contributed by atoms with Gasteiger partial charge in [0.1, 0.15) is 0 Å². The van der Waals surface area contributed by atoms with E-state index in [9.17, 15) is 0 Å². The third kappa shape index (κ3) is 22.7. The van der Waals surface area contributed by atoms with E-state index in [1.54, 1.807) is 7.11 Å². The normalized spacial score (nSPS) is 9.64. The molecule has 0 rings (SSSR count). The molecule has 1 unspecified atom stereocenters. The van der Waals surface area contributed by atoms with Crippen molar-refractivity contribution >= 4 is 0 Å². The Hall–Kier alpha value is -0.0800. The van der Waals surface area contributed by atoms with E-state index in [1.165, 1.54) is 6.42 Å². The Morgan fingerprint density at radius 3 is 1.86 bits per heavy atom. The number of methoxy groups -OCH3 is 1. The van der Waals surface area contributed by atoms with Gasteiger partial charge in [0.25, 0.3) is 0 Å². The summed E-state index contributed by atoms with van der Waals surface area (Å²) in [6.45, 7) is 6.65. The summed E-state index contributed by atoms with van der Waals surface area (Å²) in [6.07, 6.45) is 1.19. The molecule has 0 aromatic carbocycles. The number of ether oxygens (including phenoxy) is 2. The zero-order valence-electron chi connectivity index (χ0n) is 7.22. The lowest BCUT2D eigenvalue weighted by molar-refractivity contribution is 0.0538. The molecule has 14 heavy (non-hydrogen) atoms. The quantitative estimate of drug-likeness (QED) is 0.610. The smallest absolute Gasteiger partial charge is 0.0700 e. The maximum Gasteiger partial charge on any atom is 0.0700 e. The molecule has 0 aromatic rings. The Balaban J connectivity index is -0.0000000675. The minimum atomic E-state index is 0. The monoisotopic (exact) mass is 210 g/mol. The fourth-order valence-electron chi connectivity index (χ4n) is 0.545. The van der Waals surface area contributed by atoms with Crippen LogP contribution in [-0.2, 0) is 9.47 Å². The van der Waals surface area contributed by atoms with Crippen LogP contribution in [0.25, 0.3) is 0 Å². The van der Waals surface area contributed by atoms with Crippen molar-refractivity contribution in [3.05, 3.63) is 0 Å². The molecular formula is C12H34O2. The first kappa shape index (κ1) is 29.2. The van der Waals surface area contributed by atoms with E-state index in [1.807, 2.05) is 0 Å². The molecule has 2 nitrogen and oxygen atoms in total. The Morgan fingerprint density at radius 2 is 1.50 bits per heavy atom. The Morgan fingerprint density at radius 1 is 1.00 bits per heavy atom. The van der Waals surface area contributed by atoms with Crippen molar-refractivity contribution < 1.29 is 9.47 Å². The summed E-state index contributed by atoms with van der Waals surface area (Å²) in [7, 11) is 1.69. The largest absolute Gasteiger partial charge is 0.382 e. The molecule has 0 saturated carbocycles. The molecule has 0 N–H and O–H groups in total. The summed E-state index contributed by atoms with van der Waals surface area (Å²) in [5, 5.41) is 0. The van der Waals surface area contributed by atoms with E-state index in [-0.39, 0.29) is 29.7 Å². The summed E-state index contributed by atoms with van der Waals surface area (Å²) in [4.78, 5) is 0. The van der Waals surface area contributed by atoms with Gasteiger partial charge in [-0.15, -0.1) is 0 Å². The van der Waals surface area contributed by atoms with Gasteiger partial charge in [0, 0.05) is 13.7 Å². The fraction of sp³-hybridized carbons (Fsp3) is 1.00. The van der Waals surface area contributed by atoms with Crippen LogP contribution in [0.15, 0.2) is 0 Å².